The summed E-state index contributed by atoms with van der Waals surface area (Å²) in [7, 11) is -2.40. The molecule has 0 aliphatic rings. The van der Waals surface area contributed by atoms with Crippen LogP contribution in [0.3, 0.4) is 0 Å². The molecule has 0 amide bonds. The number of unbranched alkanes of at least 4 members (excludes halogenated alkanes) is 2. The van der Waals surface area contributed by atoms with E-state index in [9.17, 15) is 13.2 Å². The number of nitrogens with one attached hydrogen (secondary N) is 2. The predicted octanol–water partition coefficient (Wildman–Crippen LogP) is 1.97. The SMILES string of the molecule is COC(=O)CCCCCNC(=S)Nc1cc(S(N)(=O)=O)cc(C)c1C. The molecule has 0 radical (unpaired) electrons. The van der Waals surface area contributed by atoms with Crippen molar-refractivity contribution in [1.82, 2.24) is 5.32 Å². The third kappa shape index (κ3) is 7.37. The molecular weight excluding hydrogens is 362 g/mol. The van der Waals surface area contributed by atoms with Crippen LogP contribution in [0.25, 0.3) is 0 Å². The maximum atomic E-state index is 11.5. The first-order valence-electron chi connectivity index (χ1n) is 7.91. The van der Waals surface area contributed by atoms with E-state index in [0.29, 0.717) is 23.8 Å². The Labute approximate surface area is 154 Å². The Morgan fingerprint density at radius 2 is 1.92 bits per heavy atom. The van der Waals surface area contributed by atoms with Gasteiger partial charge in [0.15, 0.2) is 5.11 Å². The van der Waals surface area contributed by atoms with E-state index in [-0.39, 0.29) is 10.9 Å². The lowest BCUT2D eigenvalue weighted by atomic mass is 10.1. The number of nitrogens with two attached hydrogens (primary N) is 1. The molecular formula is C16H25N3O4S2. The van der Waals surface area contributed by atoms with Gasteiger partial charge in [0.25, 0.3) is 0 Å². The number of ether oxygens (including phenoxy) is 1. The average molecular weight is 388 g/mol. The molecule has 1 rings (SSSR count). The summed E-state index contributed by atoms with van der Waals surface area (Å²) in [6, 6.07) is 3.01. The van der Waals surface area contributed by atoms with Gasteiger partial charge in [0.05, 0.1) is 12.0 Å². The van der Waals surface area contributed by atoms with Crippen molar-refractivity contribution in [3.05, 3.63) is 23.3 Å². The highest BCUT2D eigenvalue weighted by Gasteiger charge is 2.13. The zero-order valence-corrected chi connectivity index (χ0v) is 16.4. The summed E-state index contributed by atoms with van der Waals surface area (Å²) in [4.78, 5) is 11.0. The monoisotopic (exact) mass is 387 g/mol. The molecule has 0 unspecified atom stereocenters. The number of thiocarbonyl (C=S) groups is 1. The number of aryl methyl sites for hydroxylation is 1. The second-order valence-electron chi connectivity index (χ2n) is 5.73. The van der Waals surface area contributed by atoms with Crippen molar-refractivity contribution in [2.75, 3.05) is 19.0 Å². The third-order valence-electron chi connectivity index (χ3n) is 3.79. The van der Waals surface area contributed by atoms with Crippen LogP contribution in [-0.4, -0.2) is 33.2 Å². The topological polar surface area (TPSA) is 111 Å². The molecule has 0 atom stereocenters. The lowest BCUT2D eigenvalue weighted by Crippen LogP contribution is -2.29. The number of esters is 1. The molecule has 4 N–H and O–H groups in total. The van der Waals surface area contributed by atoms with Crippen LogP contribution >= 0.6 is 12.2 Å². The fourth-order valence-corrected chi connectivity index (χ4v) is 3.00. The molecule has 25 heavy (non-hydrogen) atoms. The molecule has 0 heterocycles. The molecule has 7 nitrogen and oxygen atoms in total. The van der Waals surface area contributed by atoms with Gasteiger partial charge < -0.3 is 15.4 Å². The summed E-state index contributed by atoms with van der Waals surface area (Å²) in [5.74, 6) is -0.203. The highest BCUT2D eigenvalue weighted by Crippen LogP contribution is 2.23. The van der Waals surface area contributed by atoms with Crippen molar-refractivity contribution in [2.24, 2.45) is 5.14 Å². The van der Waals surface area contributed by atoms with Crippen LogP contribution in [0.4, 0.5) is 5.69 Å². The molecule has 0 bridgehead atoms. The third-order valence-corrected chi connectivity index (χ3v) is 4.93. The minimum atomic E-state index is -3.78. The lowest BCUT2D eigenvalue weighted by Gasteiger charge is -2.15. The van der Waals surface area contributed by atoms with E-state index in [2.05, 4.69) is 15.4 Å². The predicted molar refractivity (Wildman–Crippen MR) is 102 cm³/mol. The molecule has 0 saturated carbocycles. The van der Waals surface area contributed by atoms with Gasteiger partial charge in [-0.15, -0.1) is 0 Å². The number of carbonyl (C=O) groups excluding carboxylic acids is 1. The van der Waals surface area contributed by atoms with Crippen molar-refractivity contribution in [3.63, 3.8) is 0 Å². The van der Waals surface area contributed by atoms with E-state index in [1.54, 1.807) is 0 Å². The molecule has 1 aromatic carbocycles. The summed E-state index contributed by atoms with van der Waals surface area (Å²) >= 11 is 5.24. The van der Waals surface area contributed by atoms with Gasteiger partial charge in [0.1, 0.15) is 0 Å². The largest absolute Gasteiger partial charge is 0.469 e. The first-order chi connectivity index (χ1) is 11.6. The molecule has 0 spiro atoms. The van der Waals surface area contributed by atoms with E-state index in [1.807, 2.05) is 13.8 Å². The molecule has 0 aromatic heterocycles. The molecule has 9 heteroatoms. The fourth-order valence-electron chi connectivity index (χ4n) is 2.16. The van der Waals surface area contributed by atoms with Crippen molar-refractivity contribution >= 4 is 39.0 Å². The van der Waals surface area contributed by atoms with Gasteiger partial charge >= 0.3 is 5.97 Å². The van der Waals surface area contributed by atoms with Gasteiger partial charge in [-0.1, -0.05) is 6.42 Å². The summed E-state index contributed by atoms with van der Waals surface area (Å²) < 4.78 is 27.7. The van der Waals surface area contributed by atoms with Crippen molar-refractivity contribution in [1.29, 1.82) is 0 Å². The summed E-state index contributed by atoms with van der Waals surface area (Å²) in [6.07, 6.45) is 2.92. The van der Waals surface area contributed by atoms with E-state index in [1.165, 1.54) is 19.2 Å². The Hall–Kier alpha value is -1.71. The van der Waals surface area contributed by atoms with Crippen LogP contribution < -0.4 is 15.8 Å². The highest BCUT2D eigenvalue weighted by atomic mass is 32.2. The maximum absolute atomic E-state index is 11.5. The van der Waals surface area contributed by atoms with Crippen molar-refractivity contribution in [2.45, 2.75) is 44.4 Å². The van der Waals surface area contributed by atoms with Gasteiger partial charge in [0, 0.05) is 18.7 Å². The normalized spacial score (nSPS) is 11.0. The number of hydrogen-bond donors (Lipinski definition) is 3. The number of methoxy groups -OCH3 is 1. The highest BCUT2D eigenvalue weighted by molar-refractivity contribution is 7.89. The number of hydrogen-bond acceptors (Lipinski definition) is 5. The summed E-state index contributed by atoms with van der Waals surface area (Å²) in [6.45, 7) is 4.34. The van der Waals surface area contributed by atoms with Gasteiger partial charge in [0.2, 0.25) is 10.0 Å². The van der Waals surface area contributed by atoms with Gasteiger partial charge in [-0.05, 0) is 62.2 Å². The Morgan fingerprint density at radius 3 is 2.52 bits per heavy atom. The number of benzene rings is 1. The number of primary sulfonamides is 1. The molecule has 0 saturated heterocycles. The van der Waals surface area contributed by atoms with Crippen LogP contribution in [0.15, 0.2) is 17.0 Å². The number of sulfonamides is 1. The summed E-state index contributed by atoms with van der Waals surface area (Å²) in [5.41, 5.74) is 2.31. The number of anilines is 1. The Kier molecular flexibility index (Phi) is 8.27. The maximum Gasteiger partial charge on any atom is 0.305 e. The fraction of sp³-hybridized carbons (Fsp3) is 0.500. The van der Waals surface area contributed by atoms with Crippen molar-refractivity contribution < 1.29 is 17.9 Å². The first kappa shape index (κ1) is 21.3. The van der Waals surface area contributed by atoms with Crippen LogP contribution in [0, 0.1) is 13.8 Å². The van der Waals surface area contributed by atoms with Crippen LogP contribution in [0.2, 0.25) is 0 Å². The lowest BCUT2D eigenvalue weighted by molar-refractivity contribution is -0.140. The number of carbonyl (C=O) groups is 1. The van der Waals surface area contributed by atoms with Gasteiger partial charge in [-0.3, -0.25) is 4.79 Å². The minimum Gasteiger partial charge on any atom is -0.469 e. The second-order valence-corrected chi connectivity index (χ2v) is 7.70. The van der Waals surface area contributed by atoms with Gasteiger partial charge in [-0.25, -0.2) is 13.6 Å². The standard InChI is InChI=1S/C16H25N3O4S2/c1-11-9-13(25(17,21)22)10-14(12(11)2)19-16(24)18-8-6-4-5-7-15(20)23-3/h9-10H,4-8H2,1-3H3,(H2,17,21,22)(H2,18,19,24). The molecule has 0 fully saturated rings. The van der Waals surface area contributed by atoms with Gasteiger partial charge in [-0.2, -0.15) is 0 Å². The van der Waals surface area contributed by atoms with E-state index < -0.39 is 10.0 Å². The Balaban J connectivity index is 2.52. The second kappa shape index (κ2) is 9.69. The van der Waals surface area contributed by atoms with E-state index in [0.717, 1.165) is 30.4 Å². The molecule has 0 aliphatic carbocycles. The van der Waals surface area contributed by atoms with E-state index >= 15 is 0 Å². The molecule has 140 valence electrons. The number of rotatable bonds is 8. The Bertz CT molecular complexity index is 733. The van der Waals surface area contributed by atoms with Crippen LogP contribution in [0.1, 0.15) is 36.8 Å². The smallest absolute Gasteiger partial charge is 0.305 e. The van der Waals surface area contributed by atoms with Crippen LogP contribution in [-0.2, 0) is 19.6 Å². The quantitative estimate of drug-likeness (QED) is 0.355. The summed E-state index contributed by atoms with van der Waals surface area (Å²) in [5, 5.41) is 11.7. The zero-order chi connectivity index (χ0) is 19.0. The first-order valence-corrected chi connectivity index (χ1v) is 9.86. The molecule has 0 aliphatic heterocycles. The average Bonchev–Trinajstić information content (AvgIpc) is 2.53. The molecule has 1 aromatic rings. The van der Waals surface area contributed by atoms with Crippen LogP contribution in [0.5, 0.6) is 0 Å². The zero-order valence-electron chi connectivity index (χ0n) is 14.7. The minimum absolute atomic E-state index is 0.0451. The Morgan fingerprint density at radius 1 is 1.24 bits per heavy atom. The van der Waals surface area contributed by atoms with Crippen molar-refractivity contribution in [3.8, 4) is 0 Å². The van der Waals surface area contributed by atoms with E-state index in [4.69, 9.17) is 17.4 Å².